The normalized spacial score (nSPS) is 11.5. The molecule has 0 unspecified atom stereocenters. The van der Waals surface area contributed by atoms with Crippen molar-refractivity contribution in [3.05, 3.63) is 22.4 Å². The largest absolute Gasteiger partial charge is 0.333 e. The average molecular weight is 239 g/mol. The number of thiophene rings is 1. The summed E-state index contributed by atoms with van der Waals surface area (Å²) in [5.41, 5.74) is -0.0510. The zero-order valence-electron chi connectivity index (χ0n) is 10.6. The lowest BCUT2D eigenvalue weighted by Crippen LogP contribution is -2.45. The highest BCUT2D eigenvalue weighted by Crippen LogP contribution is 2.24. The number of rotatable bonds is 5. The fourth-order valence-electron chi connectivity index (χ4n) is 2.06. The minimum absolute atomic E-state index is 0.0510. The summed E-state index contributed by atoms with van der Waals surface area (Å²) in [5, 5.41) is 2.06. The SMILES string of the molecule is CCCC(C)(C)N(Cc1cccs1)C(C)=O. The lowest BCUT2D eigenvalue weighted by Gasteiger charge is -2.38. The van der Waals surface area contributed by atoms with Gasteiger partial charge in [0.05, 0.1) is 6.54 Å². The maximum atomic E-state index is 11.7. The fraction of sp³-hybridized carbons (Fsp3) is 0.615. The number of carbonyl (C=O) groups is 1. The van der Waals surface area contributed by atoms with Crippen LogP contribution in [0.25, 0.3) is 0 Å². The van der Waals surface area contributed by atoms with Crippen LogP contribution in [0.1, 0.15) is 45.4 Å². The maximum absolute atomic E-state index is 11.7. The van der Waals surface area contributed by atoms with Crippen molar-refractivity contribution in [2.75, 3.05) is 0 Å². The summed E-state index contributed by atoms with van der Waals surface area (Å²) in [7, 11) is 0. The van der Waals surface area contributed by atoms with E-state index in [-0.39, 0.29) is 11.4 Å². The smallest absolute Gasteiger partial charge is 0.220 e. The molecule has 2 nitrogen and oxygen atoms in total. The molecule has 0 atom stereocenters. The molecule has 0 N–H and O–H groups in total. The second kappa shape index (κ2) is 5.48. The van der Waals surface area contributed by atoms with Gasteiger partial charge in [-0.2, -0.15) is 0 Å². The maximum Gasteiger partial charge on any atom is 0.220 e. The summed E-state index contributed by atoms with van der Waals surface area (Å²) in [4.78, 5) is 14.9. The first-order chi connectivity index (χ1) is 7.47. The zero-order chi connectivity index (χ0) is 12.2. The molecule has 0 fully saturated rings. The van der Waals surface area contributed by atoms with E-state index in [9.17, 15) is 4.79 Å². The number of amides is 1. The third-order valence-electron chi connectivity index (χ3n) is 2.87. The highest BCUT2D eigenvalue weighted by atomic mass is 32.1. The predicted octanol–water partition coefficient (Wildman–Crippen LogP) is 3.68. The first kappa shape index (κ1) is 13.2. The molecule has 1 aromatic rings. The number of nitrogens with zero attached hydrogens (tertiary/aromatic N) is 1. The van der Waals surface area contributed by atoms with Crippen LogP contribution in [0.2, 0.25) is 0 Å². The molecule has 1 rings (SSSR count). The van der Waals surface area contributed by atoms with Gasteiger partial charge in [-0.15, -0.1) is 11.3 Å². The van der Waals surface area contributed by atoms with E-state index in [0.29, 0.717) is 0 Å². The Morgan fingerprint density at radius 1 is 1.50 bits per heavy atom. The van der Waals surface area contributed by atoms with Gasteiger partial charge in [0.25, 0.3) is 0 Å². The van der Waals surface area contributed by atoms with Gasteiger partial charge in [-0.3, -0.25) is 4.79 Å². The van der Waals surface area contributed by atoms with Crippen molar-refractivity contribution in [2.24, 2.45) is 0 Å². The Bertz CT molecular complexity index is 330. The monoisotopic (exact) mass is 239 g/mol. The van der Waals surface area contributed by atoms with E-state index in [0.717, 1.165) is 19.4 Å². The van der Waals surface area contributed by atoms with Gasteiger partial charge in [0, 0.05) is 17.3 Å². The molecule has 1 heterocycles. The molecule has 3 heteroatoms. The molecule has 1 amide bonds. The van der Waals surface area contributed by atoms with Crippen molar-refractivity contribution in [2.45, 2.75) is 52.6 Å². The van der Waals surface area contributed by atoms with E-state index in [1.54, 1.807) is 18.3 Å². The summed E-state index contributed by atoms with van der Waals surface area (Å²) < 4.78 is 0. The van der Waals surface area contributed by atoms with Crippen LogP contribution in [0.4, 0.5) is 0 Å². The van der Waals surface area contributed by atoms with Gasteiger partial charge in [0.15, 0.2) is 0 Å². The summed E-state index contributed by atoms with van der Waals surface area (Å²) in [6, 6.07) is 4.12. The van der Waals surface area contributed by atoms with Crippen molar-refractivity contribution < 1.29 is 4.79 Å². The van der Waals surface area contributed by atoms with E-state index in [1.807, 2.05) is 11.0 Å². The van der Waals surface area contributed by atoms with Crippen molar-refractivity contribution in [3.63, 3.8) is 0 Å². The zero-order valence-corrected chi connectivity index (χ0v) is 11.4. The summed E-state index contributed by atoms with van der Waals surface area (Å²) in [5.74, 6) is 0.159. The quantitative estimate of drug-likeness (QED) is 0.767. The highest BCUT2D eigenvalue weighted by molar-refractivity contribution is 7.09. The Morgan fingerprint density at radius 2 is 2.19 bits per heavy atom. The Kier molecular flexibility index (Phi) is 4.54. The van der Waals surface area contributed by atoms with Crippen LogP contribution in [-0.2, 0) is 11.3 Å². The molecule has 0 saturated heterocycles. The summed E-state index contributed by atoms with van der Waals surface area (Å²) in [6.45, 7) is 8.84. The van der Waals surface area contributed by atoms with Gasteiger partial charge >= 0.3 is 0 Å². The van der Waals surface area contributed by atoms with E-state index >= 15 is 0 Å². The third kappa shape index (κ3) is 3.34. The molecule has 0 aliphatic carbocycles. The summed E-state index contributed by atoms with van der Waals surface area (Å²) in [6.07, 6.45) is 2.14. The molecular formula is C13H21NOS. The van der Waals surface area contributed by atoms with Crippen LogP contribution < -0.4 is 0 Å². The van der Waals surface area contributed by atoms with E-state index in [2.05, 4.69) is 32.2 Å². The minimum atomic E-state index is -0.0510. The number of hydrogen-bond donors (Lipinski definition) is 0. The topological polar surface area (TPSA) is 20.3 Å². The number of carbonyl (C=O) groups excluding carboxylic acids is 1. The van der Waals surface area contributed by atoms with Crippen molar-refractivity contribution >= 4 is 17.2 Å². The Morgan fingerprint density at radius 3 is 2.62 bits per heavy atom. The third-order valence-corrected chi connectivity index (χ3v) is 3.73. The van der Waals surface area contributed by atoms with Crippen LogP contribution in [0, 0.1) is 0 Å². The van der Waals surface area contributed by atoms with Gasteiger partial charge < -0.3 is 4.90 Å². The van der Waals surface area contributed by atoms with Gasteiger partial charge in [-0.25, -0.2) is 0 Å². The molecule has 0 saturated carbocycles. The van der Waals surface area contributed by atoms with Gasteiger partial charge in [0.1, 0.15) is 0 Å². The molecule has 16 heavy (non-hydrogen) atoms. The molecule has 0 radical (unpaired) electrons. The fourth-order valence-corrected chi connectivity index (χ4v) is 2.75. The second-order valence-corrected chi connectivity index (χ2v) is 5.78. The van der Waals surface area contributed by atoms with E-state index in [4.69, 9.17) is 0 Å². The highest BCUT2D eigenvalue weighted by Gasteiger charge is 2.28. The Hall–Kier alpha value is -0.830. The van der Waals surface area contributed by atoms with Gasteiger partial charge in [-0.05, 0) is 31.7 Å². The molecule has 0 aliphatic rings. The first-order valence-corrected chi connectivity index (χ1v) is 6.66. The van der Waals surface area contributed by atoms with Crippen LogP contribution in [0.15, 0.2) is 17.5 Å². The van der Waals surface area contributed by atoms with E-state index < -0.39 is 0 Å². The van der Waals surface area contributed by atoms with Gasteiger partial charge in [0.2, 0.25) is 5.91 Å². The first-order valence-electron chi connectivity index (χ1n) is 5.78. The summed E-state index contributed by atoms with van der Waals surface area (Å²) >= 11 is 1.71. The molecule has 0 aliphatic heterocycles. The molecule has 90 valence electrons. The van der Waals surface area contributed by atoms with Gasteiger partial charge in [-0.1, -0.05) is 19.4 Å². The second-order valence-electron chi connectivity index (χ2n) is 4.75. The average Bonchev–Trinajstić information content (AvgIpc) is 2.65. The van der Waals surface area contributed by atoms with Crippen LogP contribution in [0.5, 0.6) is 0 Å². The Labute approximate surface area is 102 Å². The minimum Gasteiger partial charge on any atom is -0.333 e. The van der Waals surface area contributed by atoms with Crippen LogP contribution in [0.3, 0.4) is 0 Å². The predicted molar refractivity (Wildman–Crippen MR) is 69.5 cm³/mol. The molecular weight excluding hydrogens is 218 g/mol. The lowest BCUT2D eigenvalue weighted by molar-refractivity contribution is -0.135. The standard InChI is InChI=1S/C13H21NOS/c1-5-8-13(3,4)14(11(2)15)10-12-7-6-9-16-12/h6-7,9H,5,8,10H2,1-4H3. The Balaban J connectivity index is 2.79. The van der Waals surface area contributed by atoms with Crippen LogP contribution in [-0.4, -0.2) is 16.3 Å². The number of hydrogen-bond acceptors (Lipinski definition) is 2. The van der Waals surface area contributed by atoms with Crippen molar-refractivity contribution in [1.82, 2.24) is 4.90 Å². The van der Waals surface area contributed by atoms with Crippen molar-refractivity contribution in [3.8, 4) is 0 Å². The molecule has 0 spiro atoms. The lowest BCUT2D eigenvalue weighted by atomic mass is 9.96. The molecule has 0 aromatic carbocycles. The van der Waals surface area contributed by atoms with Crippen LogP contribution >= 0.6 is 11.3 Å². The van der Waals surface area contributed by atoms with E-state index in [1.165, 1.54) is 4.88 Å². The molecule has 1 aromatic heterocycles. The van der Waals surface area contributed by atoms with Crippen molar-refractivity contribution in [1.29, 1.82) is 0 Å². The molecule has 0 bridgehead atoms.